The van der Waals surface area contributed by atoms with Crippen LogP contribution in [0.3, 0.4) is 0 Å². The quantitative estimate of drug-likeness (QED) is 0.298. The van der Waals surface area contributed by atoms with Crippen molar-refractivity contribution in [2.75, 3.05) is 6.54 Å². The van der Waals surface area contributed by atoms with Crippen molar-refractivity contribution in [1.29, 1.82) is 0 Å². The van der Waals surface area contributed by atoms with Crippen LogP contribution in [-0.2, 0) is 21.2 Å². The number of rotatable bonds is 11. The van der Waals surface area contributed by atoms with Crippen LogP contribution >= 0.6 is 0 Å². The van der Waals surface area contributed by atoms with Crippen LogP contribution < -0.4 is 14.8 Å². The van der Waals surface area contributed by atoms with E-state index in [9.17, 15) is 13.2 Å². The highest BCUT2D eigenvalue weighted by Crippen LogP contribution is 2.31. The maximum atomic E-state index is 13.2. The Balaban J connectivity index is 1.28. The molecule has 5 rings (SSSR count). The highest BCUT2D eigenvalue weighted by molar-refractivity contribution is 7.89. The molecular weight excluding hydrogens is 486 g/mol. The zero-order chi connectivity index (χ0) is 25.7. The van der Waals surface area contributed by atoms with Crippen LogP contribution in [0.2, 0.25) is 0 Å². The van der Waals surface area contributed by atoms with Crippen molar-refractivity contribution in [2.45, 2.75) is 36.6 Å². The van der Waals surface area contributed by atoms with Gasteiger partial charge in [-0.05, 0) is 60.7 Å². The Labute approximate surface area is 216 Å². The summed E-state index contributed by atoms with van der Waals surface area (Å²) in [5, 5.41) is 3.85. The van der Waals surface area contributed by atoms with Gasteiger partial charge in [-0.1, -0.05) is 61.4 Å². The van der Waals surface area contributed by atoms with Crippen LogP contribution in [0, 0.1) is 5.92 Å². The average Bonchev–Trinajstić information content (AvgIpc) is 3.73. The molecule has 37 heavy (non-hydrogen) atoms. The van der Waals surface area contributed by atoms with Crippen molar-refractivity contribution in [1.82, 2.24) is 15.0 Å². The SMILES string of the molecule is O=C(NCCC1CC1)[C@H](Cc1ccccc1)NS(=O)(=O)c1ccc(Oc2cnc3ccccc3c2)cc1. The Morgan fingerprint density at radius 2 is 1.68 bits per heavy atom. The lowest BCUT2D eigenvalue weighted by atomic mass is 10.1. The molecule has 7 nitrogen and oxygen atoms in total. The molecule has 1 aromatic heterocycles. The van der Waals surface area contributed by atoms with Gasteiger partial charge in [0.25, 0.3) is 0 Å². The molecule has 1 heterocycles. The molecule has 2 N–H and O–H groups in total. The molecule has 1 aliphatic rings. The van der Waals surface area contributed by atoms with Crippen molar-refractivity contribution >= 4 is 26.8 Å². The molecule has 1 fully saturated rings. The first-order valence-corrected chi connectivity index (χ1v) is 13.9. The van der Waals surface area contributed by atoms with E-state index in [1.165, 1.54) is 25.0 Å². The summed E-state index contributed by atoms with van der Waals surface area (Å²) < 4.78 is 34.9. The second-order valence-electron chi connectivity index (χ2n) is 9.32. The summed E-state index contributed by atoms with van der Waals surface area (Å²) in [7, 11) is -3.95. The number of hydrogen-bond donors (Lipinski definition) is 2. The number of pyridine rings is 1. The van der Waals surface area contributed by atoms with Gasteiger partial charge >= 0.3 is 0 Å². The van der Waals surface area contributed by atoms with E-state index in [0.29, 0.717) is 24.0 Å². The molecule has 0 radical (unpaired) electrons. The van der Waals surface area contributed by atoms with E-state index in [1.54, 1.807) is 18.3 Å². The maximum absolute atomic E-state index is 13.2. The molecule has 8 heteroatoms. The number of carbonyl (C=O) groups excluding carboxylic acids is 1. The fraction of sp³-hybridized carbons (Fsp3) is 0.241. The van der Waals surface area contributed by atoms with Crippen molar-refractivity contribution < 1.29 is 17.9 Å². The number of aromatic nitrogens is 1. The van der Waals surface area contributed by atoms with Crippen LogP contribution in [0.5, 0.6) is 11.5 Å². The Kier molecular flexibility index (Phi) is 7.48. The first kappa shape index (κ1) is 24.9. The summed E-state index contributed by atoms with van der Waals surface area (Å²) >= 11 is 0. The standard InChI is InChI=1S/C29H29N3O4S/c33-29(30-17-16-21-10-11-21)28(18-22-6-2-1-3-7-22)32-37(34,35)26-14-12-24(13-15-26)36-25-19-23-8-4-5-9-27(23)31-20-25/h1-9,12-15,19-21,28,32H,10-11,16-18H2,(H,30,33)/t28-/m0/s1. The van der Waals surface area contributed by atoms with Gasteiger partial charge < -0.3 is 10.1 Å². The van der Waals surface area contributed by atoms with Gasteiger partial charge in [-0.15, -0.1) is 0 Å². The van der Waals surface area contributed by atoms with E-state index in [0.717, 1.165) is 22.9 Å². The van der Waals surface area contributed by atoms with Gasteiger partial charge in [0.05, 0.1) is 16.6 Å². The first-order valence-electron chi connectivity index (χ1n) is 12.4. The predicted octanol–water partition coefficient (Wildman–Crippen LogP) is 4.83. The van der Waals surface area contributed by atoms with E-state index in [2.05, 4.69) is 15.0 Å². The van der Waals surface area contributed by atoms with Gasteiger partial charge in [-0.3, -0.25) is 9.78 Å². The molecule has 1 aliphatic carbocycles. The number of sulfonamides is 1. The fourth-order valence-electron chi connectivity index (χ4n) is 4.15. The van der Waals surface area contributed by atoms with E-state index in [-0.39, 0.29) is 17.2 Å². The monoisotopic (exact) mass is 515 g/mol. The Bertz CT molecular complexity index is 1470. The zero-order valence-electron chi connectivity index (χ0n) is 20.3. The number of carbonyl (C=O) groups is 1. The minimum atomic E-state index is -3.95. The molecular formula is C29H29N3O4S. The van der Waals surface area contributed by atoms with Crippen molar-refractivity contribution in [3.63, 3.8) is 0 Å². The highest BCUT2D eigenvalue weighted by atomic mass is 32.2. The summed E-state index contributed by atoms with van der Waals surface area (Å²) in [5.41, 5.74) is 1.74. The van der Waals surface area contributed by atoms with Crippen LogP contribution in [0.1, 0.15) is 24.8 Å². The van der Waals surface area contributed by atoms with Crippen LogP contribution in [0.25, 0.3) is 10.9 Å². The molecule has 4 aromatic rings. The Morgan fingerprint density at radius 3 is 2.43 bits per heavy atom. The number of nitrogens with one attached hydrogen (secondary N) is 2. The molecule has 190 valence electrons. The third-order valence-electron chi connectivity index (χ3n) is 6.38. The van der Waals surface area contributed by atoms with Gasteiger partial charge in [0.1, 0.15) is 17.5 Å². The highest BCUT2D eigenvalue weighted by Gasteiger charge is 2.27. The van der Waals surface area contributed by atoms with Crippen molar-refractivity contribution in [3.8, 4) is 11.5 Å². The smallest absolute Gasteiger partial charge is 0.241 e. The molecule has 0 bridgehead atoms. The van der Waals surface area contributed by atoms with E-state index >= 15 is 0 Å². The number of ether oxygens (including phenoxy) is 1. The van der Waals surface area contributed by atoms with Gasteiger partial charge in [0.2, 0.25) is 15.9 Å². The molecule has 0 aliphatic heterocycles. The number of hydrogen-bond acceptors (Lipinski definition) is 5. The van der Waals surface area contributed by atoms with Gasteiger partial charge in [0, 0.05) is 11.9 Å². The average molecular weight is 516 g/mol. The van der Waals surface area contributed by atoms with E-state index in [4.69, 9.17) is 4.74 Å². The minimum absolute atomic E-state index is 0.0559. The summed E-state index contributed by atoms with van der Waals surface area (Å²) in [6.07, 6.45) is 5.21. The number of amides is 1. The van der Waals surface area contributed by atoms with E-state index in [1.807, 2.05) is 60.7 Å². The van der Waals surface area contributed by atoms with Gasteiger partial charge in [0.15, 0.2) is 0 Å². The third-order valence-corrected chi connectivity index (χ3v) is 7.87. The van der Waals surface area contributed by atoms with Gasteiger partial charge in [-0.25, -0.2) is 8.42 Å². The molecule has 1 atom stereocenters. The zero-order valence-corrected chi connectivity index (χ0v) is 21.2. The lowest BCUT2D eigenvalue weighted by Gasteiger charge is -2.19. The molecule has 3 aromatic carbocycles. The van der Waals surface area contributed by atoms with Crippen LogP contribution in [-0.4, -0.2) is 31.9 Å². The summed E-state index contributed by atoms with van der Waals surface area (Å²) in [6.45, 7) is 0.548. The fourth-order valence-corrected chi connectivity index (χ4v) is 5.35. The number of nitrogens with zero attached hydrogens (tertiary/aromatic N) is 1. The number of benzene rings is 3. The Morgan fingerprint density at radius 1 is 0.946 bits per heavy atom. The first-order chi connectivity index (χ1) is 18.0. The second-order valence-corrected chi connectivity index (χ2v) is 11.0. The van der Waals surface area contributed by atoms with Crippen molar-refractivity contribution in [2.24, 2.45) is 5.92 Å². The summed E-state index contributed by atoms with van der Waals surface area (Å²) in [6, 6.07) is 24.2. The second kappa shape index (κ2) is 11.1. The predicted molar refractivity (Wildman–Crippen MR) is 143 cm³/mol. The Hall–Kier alpha value is -3.75. The molecule has 0 spiro atoms. The lowest BCUT2D eigenvalue weighted by molar-refractivity contribution is -0.122. The van der Waals surface area contributed by atoms with Gasteiger partial charge in [-0.2, -0.15) is 4.72 Å². The largest absolute Gasteiger partial charge is 0.456 e. The molecule has 1 amide bonds. The molecule has 0 saturated heterocycles. The topological polar surface area (TPSA) is 97.4 Å². The summed E-state index contributed by atoms with van der Waals surface area (Å²) in [4.78, 5) is 17.4. The van der Waals surface area contributed by atoms with Crippen LogP contribution in [0.15, 0.2) is 96.0 Å². The maximum Gasteiger partial charge on any atom is 0.241 e. The number of fused-ring (bicyclic) bond motifs is 1. The van der Waals surface area contributed by atoms with Crippen molar-refractivity contribution in [3.05, 3.63) is 96.7 Å². The lowest BCUT2D eigenvalue weighted by Crippen LogP contribution is -2.48. The number of para-hydroxylation sites is 1. The molecule has 1 saturated carbocycles. The third kappa shape index (κ3) is 6.72. The molecule has 0 unspecified atom stereocenters. The summed E-state index contributed by atoms with van der Waals surface area (Å²) in [5.74, 6) is 1.39. The van der Waals surface area contributed by atoms with E-state index < -0.39 is 16.1 Å². The minimum Gasteiger partial charge on any atom is -0.456 e. The van der Waals surface area contributed by atoms with Crippen LogP contribution in [0.4, 0.5) is 0 Å². The normalized spacial score (nSPS) is 14.3.